The molecule has 2 fully saturated rings. The molecule has 0 saturated carbocycles. The average Bonchev–Trinajstić information content (AvgIpc) is 2.78. The van der Waals surface area contributed by atoms with Crippen LogP contribution in [0.5, 0.6) is 0 Å². The number of rotatable bonds is 14. The van der Waals surface area contributed by atoms with Crippen molar-refractivity contribution in [3.8, 4) is 0 Å². The van der Waals surface area contributed by atoms with Gasteiger partial charge in [-0.1, -0.05) is 26.2 Å². The van der Waals surface area contributed by atoms with Gasteiger partial charge in [-0.05, 0) is 90.0 Å². The topological polar surface area (TPSA) is 59.1 Å². The lowest BCUT2D eigenvalue weighted by atomic mass is 9.87. The normalized spacial score (nSPS) is 19.4. The van der Waals surface area contributed by atoms with Gasteiger partial charge in [0.2, 0.25) is 0 Å². The fourth-order valence-electron chi connectivity index (χ4n) is 4.73. The zero-order valence-corrected chi connectivity index (χ0v) is 20.1. The Morgan fingerprint density at radius 2 is 1.29 bits per heavy atom. The van der Waals surface area contributed by atoms with Gasteiger partial charge >= 0.3 is 11.9 Å². The van der Waals surface area contributed by atoms with Gasteiger partial charge in [0.15, 0.2) is 0 Å². The number of carbonyl (C=O) groups is 2. The summed E-state index contributed by atoms with van der Waals surface area (Å²) in [5.74, 6) is 1.53. The standard InChI is InChI=1S/C25H46N2O4/c1-3-20-30-24(28)9-4-5-10-25(29)31-21-19-27-17-13-23(14-18-27)8-6-7-22-11-15-26(2)16-12-22/h22-23H,3-21H2,1-2H3. The van der Waals surface area contributed by atoms with Crippen LogP contribution in [0.25, 0.3) is 0 Å². The van der Waals surface area contributed by atoms with Crippen molar-refractivity contribution in [2.75, 3.05) is 53.0 Å². The molecule has 0 aliphatic carbocycles. The highest BCUT2D eigenvalue weighted by atomic mass is 16.5. The Balaban J connectivity index is 1.41. The van der Waals surface area contributed by atoms with Gasteiger partial charge in [0.25, 0.3) is 0 Å². The third-order valence-corrected chi connectivity index (χ3v) is 6.92. The van der Waals surface area contributed by atoms with E-state index < -0.39 is 0 Å². The van der Waals surface area contributed by atoms with Crippen molar-refractivity contribution in [1.82, 2.24) is 9.80 Å². The van der Waals surface area contributed by atoms with Crippen molar-refractivity contribution >= 4 is 11.9 Å². The van der Waals surface area contributed by atoms with Gasteiger partial charge in [-0.2, -0.15) is 0 Å². The summed E-state index contributed by atoms with van der Waals surface area (Å²) in [5, 5.41) is 0. The second-order valence-corrected chi connectivity index (χ2v) is 9.61. The molecule has 2 saturated heterocycles. The van der Waals surface area contributed by atoms with Gasteiger partial charge in [0, 0.05) is 19.4 Å². The van der Waals surface area contributed by atoms with E-state index in [1.54, 1.807) is 0 Å². The summed E-state index contributed by atoms with van der Waals surface area (Å²) in [7, 11) is 2.24. The van der Waals surface area contributed by atoms with Crippen molar-refractivity contribution in [1.29, 1.82) is 0 Å². The van der Waals surface area contributed by atoms with E-state index >= 15 is 0 Å². The minimum Gasteiger partial charge on any atom is -0.466 e. The van der Waals surface area contributed by atoms with Crippen LogP contribution >= 0.6 is 0 Å². The van der Waals surface area contributed by atoms with Crippen LogP contribution in [0.2, 0.25) is 0 Å². The molecule has 0 N–H and O–H groups in total. The minimum absolute atomic E-state index is 0.147. The van der Waals surface area contributed by atoms with Crippen LogP contribution in [0, 0.1) is 11.8 Å². The molecule has 6 heteroatoms. The van der Waals surface area contributed by atoms with Crippen LogP contribution in [0.15, 0.2) is 0 Å². The maximum Gasteiger partial charge on any atom is 0.305 e. The predicted molar refractivity (Wildman–Crippen MR) is 124 cm³/mol. The highest BCUT2D eigenvalue weighted by molar-refractivity contribution is 5.70. The molecule has 0 spiro atoms. The lowest BCUT2D eigenvalue weighted by Gasteiger charge is -2.32. The molecule has 0 radical (unpaired) electrons. The van der Waals surface area contributed by atoms with Gasteiger partial charge in [0.1, 0.15) is 6.61 Å². The number of unbranched alkanes of at least 4 members (excludes halogenated alkanes) is 1. The Morgan fingerprint density at radius 3 is 1.84 bits per heavy atom. The highest BCUT2D eigenvalue weighted by Gasteiger charge is 2.21. The Kier molecular flexibility index (Phi) is 13.2. The number of nitrogens with zero attached hydrogens (tertiary/aromatic N) is 2. The minimum atomic E-state index is -0.166. The van der Waals surface area contributed by atoms with Gasteiger partial charge in [-0.15, -0.1) is 0 Å². The van der Waals surface area contributed by atoms with Crippen LogP contribution in [-0.4, -0.2) is 74.7 Å². The predicted octanol–water partition coefficient (Wildman–Crippen LogP) is 4.27. The van der Waals surface area contributed by atoms with Gasteiger partial charge in [-0.3, -0.25) is 14.5 Å². The smallest absolute Gasteiger partial charge is 0.305 e. The first-order valence-electron chi connectivity index (χ1n) is 12.8. The molecule has 0 atom stereocenters. The molecule has 2 heterocycles. The first-order valence-corrected chi connectivity index (χ1v) is 12.8. The Labute approximate surface area is 190 Å². The molecule has 0 aromatic rings. The summed E-state index contributed by atoms with van der Waals surface area (Å²) in [6, 6.07) is 0. The third kappa shape index (κ3) is 11.9. The van der Waals surface area contributed by atoms with Crippen LogP contribution in [0.3, 0.4) is 0 Å². The number of carbonyl (C=O) groups excluding carboxylic acids is 2. The number of esters is 2. The first kappa shape index (κ1) is 26.1. The van der Waals surface area contributed by atoms with E-state index in [9.17, 15) is 9.59 Å². The summed E-state index contributed by atoms with van der Waals surface area (Å²) >= 11 is 0. The molecule has 2 aliphatic rings. The van der Waals surface area contributed by atoms with Crippen molar-refractivity contribution < 1.29 is 19.1 Å². The molecule has 0 unspecified atom stereocenters. The van der Waals surface area contributed by atoms with Crippen LogP contribution in [0.4, 0.5) is 0 Å². The largest absolute Gasteiger partial charge is 0.466 e. The SMILES string of the molecule is CCCOC(=O)CCCCC(=O)OCCN1CCC(CCCC2CCN(C)CC2)CC1. The van der Waals surface area contributed by atoms with Crippen LogP contribution in [0.1, 0.15) is 84.0 Å². The summed E-state index contributed by atoms with van der Waals surface area (Å²) < 4.78 is 10.4. The average molecular weight is 439 g/mol. The maximum atomic E-state index is 11.9. The summed E-state index contributed by atoms with van der Waals surface area (Å²) in [6.45, 7) is 8.62. The van der Waals surface area contributed by atoms with E-state index in [4.69, 9.17) is 9.47 Å². The summed E-state index contributed by atoms with van der Waals surface area (Å²) in [6.07, 6.45) is 12.5. The van der Waals surface area contributed by atoms with Gasteiger partial charge in [-0.25, -0.2) is 0 Å². The van der Waals surface area contributed by atoms with Gasteiger partial charge < -0.3 is 14.4 Å². The monoisotopic (exact) mass is 438 g/mol. The van der Waals surface area contributed by atoms with Crippen molar-refractivity contribution in [2.45, 2.75) is 84.0 Å². The van der Waals surface area contributed by atoms with E-state index in [0.717, 1.165) is 37.9 Å². The molecular weight excluding hydrogens is 392 g/mol. The lowest BCUT2D eigenvalue weighted by molar-refractivity contribution is -0.146. The number of likely N-dealkylation sites (tertiary alicyclic amines) is 2. The second-order valence-electron chi connectivity index (χ2n) is 9.61. The molecular formula is C25H46N2O4. The fraction of sp³-hybridized carbons (Fsp3) is 0.920. The lowest BCUT2D eigenvalue weighted by Crippen LogP contribution is -2.36. The van der Waals surface area contributed by atoms with E-state index in [1.807, 2.05) is 6.92 Å². The second kappa shape index (κ2) is 15.6. The Morgan fingerprint density at radius 1 is 0.774 bits per heavy atom. The van der Waals surface area contributed by atoms with E-state index in [1.165, 1.54) is 58.0 Å². The molecule has 0 aromatic heterocycles. The molecule has 180 valence electrons. The third-order valence-electron chi connectivity index (χ3n) is 6.92. The van der Waals surface area contributed by atoms with E-state index in [0.29, 0.717) is 38.9 Å². The summed E-state index contributed by atoms with van der Waals surface area (Å²) in [4.78, 5) is 28.2. The zero-order chi connectivity index (χ0) is 22.3. The molecule has 6 nitrogen and oxygen atoms in total. The number of ether oxygens (including phenoxy) is 2. The molecule has 31 heavy (non-hydrogen) atoms. The maximum absolute atomic E-state index is 11.9. The quantitative estimate of drug-likeness (QED) is 0.298. The fourth-order valence-corrected chi connectivity index (χ4v) is 4.73. The molecule has 2 rings (SSSR count). The van der Waals surface area contributed by atoms with Crippen LogP contribution < -0.4 is 0 Å². The van der Waals surface area contributed by atoms with E-state index in [2.05, 4.69) is 16.8 Å². The van der Waals surface area contributed by atoms with Crippen molar-refractivity contribution in [3.05, 3.63) is 0 Å². The first-order chi connectivity index (χ1) is 15.1. The highest BCUT2D eigenvalue weighted by Crippen LogP contribution is 2.26. The molecule has 0 bridgehead atoms. The number of hydrogen-bond acceptors (Lipinski definition) is 6. The molecule has 0 aromatic carbocycles. The van der Waals surface area contributed by atoms with Crippen molar-refractivity contribution in [2.24, 2.45) is 11.8 Å². The molecule has 0 amide bonds. The van der Waals surface area contributed by atoms with Crippen LogP contribution in [-0.2, 0) is 19.1 Å². The number of piperidine rings is 2. The Hall–Kier alpha value is -1.14. The van der Waals surface area contributed by atoms with E-state index in [-0.39, 0.29) is 11.9 Å². The summed E-state index contributed by atoms with van der Waals surface area (Å²) in [5.41, 5.74) is 0. The van der Waals surface area contributed by atoms with Gasteiger partial charge in [0.05, 0.1) is 6.61 Å². The number of hydrogen-bond donors (Lipinski definition) is 0. The Bertz CT molecular complexity index is 498. The zero-order valence-electron chi connectivity index (χ0n) is 20.1. The molecule has 2 aliphatic heterocycles. The van der Waals surface area contributed by atoms with Crippen molar-refractivity contribution in [3.63, 3.8) is 0 Å².